The summed E-state index contributed by atoms with van der Waals surface area (Å²) < 4.78 is 15.5. The summed E-state index contributed by atoms with van der Waals surface area (Å²) in [5.74, 6) is -0.661. The minimum atomic E-state index is -0.833. The molecule has 2 N–H and O–H groups in total. The van der Waals surface area contributed by atoms with Gasteiger partial charge in [-0.2, -0.15) is 9.61 Å². The van der Waals surface area contributed by atoms with E-state index in [0.717, 1.165) is 69.0 Å². The average molecular weight is 614 g/mol. The Balaban J connectivity index is 0.000000733. The van der Waals surface area contributed by atoms with E-state index in [0.29, 0.717) is 22.6 Å². The number of piperidine rings is 1. The monoisotopic (exact) mass is 613 g/mol. The molecule has 1 fully saturated rings. The van der Waals surface area contributed by atoms with Gasteiger partial charge in [-0.05, 0) is 62.4 Å². The fraction of sp³-hybridized carbons (Fsp3) is 0.375. The minimum absolute atomic E-state index is 0.0308. The number of aliphatic hydroxyl groups is 1. The molecule has 0 saturated carbocycles. The number of aromatic nitrogens is 3. The van der Waals surface area contributed by atoms with Crippen LogP contribution in [0, 0.1) is 19.7 Å². The molecule has 0 aliphatic carbocycles. The highest BCUT2D eigenvalue weighted by molar-refractivity contribution is 6.31. The second kappa shape index (κ2) is 16.6. The van der Waals surface area contributed by atoms with Crippen LogP contribution in [-0.4, -0.2) is 68.8 Å². The summed E-state index contributed by atoms with van der Waals surface area (Å²) in [5, 5.41) is 19.1. The van der Waals surface area contributed by atoms with Crippen molar-refractivity contribution in [2.75, 3.05) is 32.1 Å². The number of aryl methyl sites for hydroxylation is 2. The van der Waals surface area contributed by atoms with Crippen LogP contribution < -0.4 is 4.90 Å². The van der Waals surface area contributed by atoms with Crippen LogP contribution in [0.5, 0.6) is 0 Å². The smallest absolute Gasteiger partial charge is 0.300 e. The molecule has 0 unspecified atom stereocenters. The average Bonchev–Trinajstić information content (AvgIpc) is 3.44. The van der Waals surface area contributed by atoms with Crippen LogP contribution >= 0.6 is 11.6 Å². The van der Waals surface area contributed by atoms with E-state index in [1.807, 2.05) is 37.9 Å². The molecule has 1 aliphatic rings. The number of carboxylic acid groups (broad SMARTS) is 1. The molecule has 0 radical (unpaired) electrons. The molecule has 0 atom stereocenters. The van der Waals surface area contributed by atoms with Crippen LogP contribution in [0.15, 0.2) is 48.5 Å². The Morgan fingerprint density at radius 2 is 1.56 bits per heavy atom. The highest BCUT2D eigenvalue weighted by Crippen LogP contribution is 2.33. The number of aliphatic hydroxyl groups excluding tert-OH is 1. The quantitative estimate of drug-likeness (QED) is 0.257. The lowest BCUT2D eigenvalue weighted by molar-refractivity contribution is -0.134. The maximum absolute atomic E-state index is 13.8. The summed E-state index contributed by atoms with van der Waals surface area (Å²) in [4.78, 5) is 30.9. The molecule has 1 amide bonds. The number of aliphatic carboxylic acids is 1. The fourth-order valence-corrected chi connectivity index (χ4v) is 4.99. The molecule has 1 saturated heterocycles. The summed E-state index contributed by atoms with van der Waals surface area (Å²) in [6.07, 6.45) is 3.16. The Morgan fingerprint density at radius 1 is 0.977 bits per heavy atom. The first kappa shape index (κ1) is 35.2. The van der Waals surface area contributed by atoms with Gasteiger partial charge in [0.05, 0.1) is 10.7 Å². The van der Waals surface area contributed by atoms with Crippen molar-refractivity contribution in [1.82, 2.24) is 19.5 Å². The first-order valence-corrected chi connectivity index (χ1v) is 14.5. The number of anilines is 2. The van der Waals surface area contributed by atoms with Gasteiger partial charge in [0.15, 0.2) is 11.3 Å². The Bertz CT molecular complexity index is 1510. The third kappa shape index (κ3) is 8.75. The van der Waals surface area contributed by atoms with Crippen LogP contribution in [0.3, 0.4) is 0 Å². The van der Waals surface area contributed by atoms with Crippen molar-refractivity contribution in [3.8, 4) is 11.3 Å². The Kier molecular flexibility index (Phi) is 13.6. The fourth-order valence-electron chi connectivity index (χ4n) is 4.81. The van der Waals surface area contributed by atoms with E-state index in [-0.39, 0.29) is 10.9 Å². The van der Waals surface area contributed by atoms with Crippen molar-refractivity contribution < 1.29 is 24.2 Å². The Labute approximate surface area is 257 Å². The number of benzene rings is 2. The number of carboxylic acids is 1. The van der Waals surface area contributed by atoms with Gasteiger partial charge in [0, 0.05) is 57.6 Å². The standard InChI is InChI=1S/C27H27ClFN5O.C2H4O2.C2H6.CH4O/c1-17-8-7-9-18(2)26(17)32(3)25-16-22(19-10-11-21(29)20(28)14-19)30-24-15-23(31-34(24)25)27(35)33-12-5-4-6-13-33;1-2(3)4;2*1-2/h7-11,14-16H,4-6,12-13H2,1-3H3;1H3,(H,3,4);1-2H3;2H,1H3. The Hall–Kier alpha value is -4.02. The summed E-state index contributed by atoms with van der Waals surface area (Å²) in [7, 11) is 2.97. The molecule has 1 aliphatic heterocycles. The van der Waals surface area contributed by atoms with Crippen LogP contribution in [0.4, 0.5) is 15.9 Å². The van der Waals surface area contributed by atoms with E-state index < -0.39 is 11.8 Å². The van der Waals surface area contributed by atoms with E-state index in [1.165, 1.54) is 6.07 Å². The normalized spacial score (nSPS) is 12.2. The van der Waals surface area contributed by atoms with Crippen molar-refractivity contribution in [1.29, 1.82) is 0 Å². The molecule has 232 valence electrons. The van der Waals surface area contributed by atoms with Gasteiger partial charge in [-0.15, -0.1) is 0 Å². The maximum atomic E-state index is 13.8. The summed E-state index contributed by atoms with van der Waals surface area (Å²) >= 11 is 6.07. The van der Waals surface area contributed by atoms with Crippen LogP contribution in [0.2, 0.25) is 5.02 Å². The zero-order valence-corrected chi connectivity index (χ0v) is 26.6. The summed E-state index contributed by atoms with van der Waals surface area (Å²) in [6.45, 7) is 10.7. The van der Waals surface area contributed by atoms with E-state index in [9.17, 15) is 9.18 Å². The van der Waals surface area contributed by atoms with Gasteiger partial charge in [0.2, 0.25) is 0 Å². The molecule has 3 heterocycles. The van der Waals surface area contributed by atoms with Crippen LogP contribution in [0.25, 0.3) is 16.9 Å². The third-order valence-electron chi connectivity index (χ3n) is 6.60. The second-order valence-corrected chi connectivity index (χ2v) is 10.0. The highest BCUT2D eigenvalue weighted by Gasteiger charge is 2.24. The van der Waals surface area contributed by atoms with Crippen molar-refractivity contribution in [2.45, 2.75) is 53.9 Å². The number of carbonyl (C=O) groups is 2. The molecule has 2 aromatic carbocycles. The van der Waals surface area contributed by atoms with Gasteiger partial charge in [-0.1, -0.05) is 43.6 Å². The Morgan fingerprint density at radius 3 is 2.12 bits per heavy atom. The number of halogens is 2. The van der Waals surface area contributed by atoms with E-state index in [2.05, 4.69) is 30.9 Å². The highest BCUT2D eigenvalue weighted by atomic mass is 35.5. The first-order chi connectivity index (χ1) is 20.6. The summed E-state index contributed by atoms with van der Waals surface area (Å²) in [5.41, 5.74) is 5.47. The van der Waals surface area contributed by atoms with E-state index in [1.54, 1.807) is 22.7 Å². The second-order valence-electron chi connectivity index (χ2n) is 9.60. The number of hydrogen-bond donors (Lipinski definition) is 2. The zero-order valence-electron chi connectivity index (χ0n) is 25.9. The van der Waals surface area contributed by atoms with E-state index in [4.69, 9.17) is 36.7 Å². The van der Waals surface area contributed by atoms with Gasteiger partial charge < -0.3 is 20.0 Å². The number of likely N-dealkylation sites (tertiary alicyclic amines) is 1. The summed E-state index contributed by atoms with van der Waals surface area (Å²) in [6, 6.07) is 14.3. The van der Waals surface area contributed by atoms with Gasteiger partial charge in [0.25, 0.3) is 11.9 Å². The molecule has 0 bridgehead atoms. The molecule has 11 heteroatoms. The predicted molar refractivity (Wildman–Crippen MR) is 170 cm³/mol. The molecular formula is C32H41ClFN5O4. The maximum Gasteiger partial charge on any atom is 0.300 e. The van der Waals surface area contributed by atoms with Gasteiger partial charge in [-0.25, -0.2) is 9.37 Å². The van der Waals surface area contributed by atoms with Crippen molar-refractivity contribution in [3.63, 3.8) is 0 Å². The largest absolute Gasteiger partial charge is 0.481 e. The van der Waals surface area contributed by atoms with Gasteiger partial charge in [0.1, 0.15) is 11.6 Å². The third-order valence-corrected chi connectivity index (χ3v) is 6.89. The predicted octanol–water partition coefficient (Wildman–Crippen LogP) is 6.93. The van der Waals surface area contributed by atoms with Crippen LogP contribution in [-0.2, 0) is 4.79 Å². The van der Waals surface area contributed by atoms with Crippen molar-refractivity contribution >= 4 is 40.6 Å². The number of nitrogens with zero attached hydrogens (tertiary/aromatic N) is 5. The molecule has 4 aromatic rings. The van der Waals surface area contributed by atoms with Crippen molar-refractivity contribution in [2.24, 2.45) is 0 Å². The molecular weight excluding hydrogens is 573 g/mol. The van der Waals surface area contributed by atoms with Crippen LogP contribution in [0.1, 0.15) is 61.6 Å². The molecule has 5 rings (SSSR count). The van der Waals surface area contributed by atoms with Gasteiger partial charge in [-0.3, -0.25) is 9.59 Å². The number of amides is 1. The number of carbonyl (C=O) groups excluding carboxylic acids is 1. The number of hydrogen-bond acceptors (Lipinski definition) is 6. The minimum Gasteiger partial charge on any atom is -0.481 e. The molecule has 2 aromatic heterocycles. The van der Waals surface area contributed by atoms with E-state index >= 15 is 0 Å². The number of para-hydroxylation sites is 1. The van der Waals surface area contributed by atoms with Gasteiger partial charge >= 0.3 is 0 Å². The molecule has 43 heavy (non-hydrogen) atoms. The number of fused-ring (bicyclic) bond motifs is 1. The zero-order chi connectivity index (χ0) is 32.3. The van der Waals surface area contributed by atoms with Crippen molar-refractivity contribution in [3.05, 3.63) is 76.2 Å². The SMILES string of the molecule is CC.CC(=O)O.CO.Cc1cccc(C)c1N(C)c1cc(-c2ccc(F)c(Cl)c2)nc2cc(C(=O)N3CCCCC3)nn12. The lowest BCUT2D eigenvalue weighted by Gasteiger charge is -2.26. The molecule has 9 nitrogen and oxygen atoms in total. The topological polar surface area (TPSA) is 111 Å². The first-order valence-electron chi connectivity index (χ1n) is 14.2. The molecule has 0 spiro atoms. The number of rotatable bonds is 4. The lowest BCUT2D eigenvalue weighted by Crippen LogP contribution is -2.35. The lowest BCUT2D eigenvalue weighted by atomic mass is 10.1.